The summed E-state index contributed by atoms with van der Waals surface area (Å²) in [5.41, 5.74) is 4.13. The van der Waals surface area contributed by atoms with Crippen LogP contribution in [0.5, 0.6) is 0 Å². The molecule has 0 amide bonds. The summed E-state index contributed by atoms with van der Waals surface area (Å²) in [5, 5.41) is 2.61. The van der Waals surface area contributed by atoms with Crippen molar-refractivity contribution < 1.29 is 0 Å². The van der Waals surface area contributed by atoms with Gasteiger partial charge in [0.15, 0.2) is 0 Å². The molecule has 0 aliphatic heterocycles. The zero-order valence-corrected chi connectivity index (χ0v) is 15.5. The summed E-state index contributed by atoms with van der Waals surface area (Å²) in [5.74, 6) is 0. The summed E-state index contributed by atoms with van der Waals surface area (Å²) in [4.78, 5) is 2.27. The number of thiophene rings is 1. The predicted molar refractivity (Wildman–Crippen MR) is 119 cm³/mol. The van der Waals surface area contributed by atoms with Crippen LogP contribution in [-0.4, -0.2) is 7.85 Å². The van der Waals surface area contributed by atoms with Gasteiger partial charge < -0.3 is 4.90 Å². The Hall–Kier alpha value is -3.04. The molecule has 27 heavy (non-hydrogen) atoms. The van der Waals surface area contributed by atoms with Crippen LogP contribution in [0.4, 0.5) is 17.1 Å². The first kappa shape index (κ1) is 16.2. The molecule has 0 unspecified atom stereocenters. The van der Waals surface area contributed by atoms with Crippen LogP contribution in [0.3, 0.4) is 0 Å². The first-order chi connectivity index (χ1) is 13.3. The molecule has 4 aromatic carbocycles. The number of nitrogens with zero attached hydrogens (tertiary/aromatic N) is 1. The molecule has 5 rings (SSSR count). The highest BCUT2D eigenvalue weighted by Crippen LogP contribution is 2.40. The van der Waals surface area contributed by atoms with Gasteiger partial charge in [0, 0.05) is 37.2 Å². The fraction of sp³-hybridized carbons (Fsp3) is 0. The Bertz CT molecular complexity index is 1230. The van der Waals surface area contributed by atoms with E-state index in [1.54, 1.807) is 0 Å². The summed E-state index contributed by atoms with van der Waals surface area (Å²) in [6.07, 6.45) is 0. The Morgan fingerprint density at radius 3 is 2.00 bits per heavy atom. The summed E-state index contributed by atoms with van der Waals surface area (Å²) in [6, 6.07) is 33.8. The lowest BCUT2D eigenvalue weighted by atomic mass is 9.96. The third-order valence-corrected chi connectivity index (χ3v) is 5.94. The Labute approximate surface area is 163 Å². The molecular weight excluding hydrogens is 345 g/mol. The van der Waals surface area contributed by atoms with Gasteiger partial charge in [0.25, 0.3) is 0 Å². The molecule has 0 bridgehead atoms. The Kier molecular flexibility index (Phi) is 3.95. The Balaban J connectivity index is 1.73. The van der Waals surface area contributed by atoms with Crippen LogP contribution < -0.4 is 10.4 Å². The van der Waals surface area contributed by atoms with Gasteiger partial charge in [-0.3, -0.25) is 0 Å². The lowest BCUT2D eigenvalue weighted by Crippen LogP contribution is -2.11. The first-order valence-electron chi connectivity index (χ1n) is 8.92. The van der Waals surface area contributed by atoms with E-state index in [9.17, 15) is 0 Å². The fourth-order valence-electron chi connectivity index (χ4n) is 3.50. The van der Waals surface area contributed by atoms with Crippen LogP contribution in [0.15, 0.2) is 97.1 Å². The molecule has 0 N–H and O–H groups in total. The highest BCUT2D eigenvalue weighted by atomic mass is 32.1. The second-order valence-electron chi connectivity index (χ2n) is 6.54. The largest absolute Gasteiger partial charge is 0.310 e. The van der Waals surface area contributed by atoms with Gasteiger partial charge in [0.2, 0.25) is 0 Å². The normalized spacial score (nSPS) is 11.1. The van der Waals surface area contributed by atoms with Crippen molar-refractivity contribution in [3.63, 3.8) is 0 Å². The van der Waals surface area contributed by atoms with E-state index < -0.39 is 0 Å². The van der Waals surface area contributed by atoms with E-state index in [4.69, 9.17) is 7.85 Å². The average Bonchev–Trinajstić information content (AvgIpc) is 3.09. The number of benzene rings is 4. The summed E-state index contributed by atoms with van der Waals surface area (Å²) < 4.78 is 2.63. The van der Waals surface area contributed by atoms with Crippen molar-refractivity contribution in [1.82, 2.24) is 0 Å². The van der Waals surface area contributed by atoms with Gasteiger partial charge in [-0.1, -0.05) is 54.0 Å². The van der Waals surface area contributed by atoms with E-state index in [2.05, 4.69) is 83.8 Å². The van der Waals surface area contributed by atoms with Gasteiger partial charge in [0.1, 0.15) is 7.85 Å². The molecule has 0 aliphatic carbocycles. The molecule has 1 nitrogen and oxygen atoms in total. The van der Waals surface area contributed by atoms with E-state index in [1.165, 1.54) is 20.2 Å². The number of hydrogen-bond donors (Lipinski definition) is 0. The fourth-order valence-corrected chi connectivity index (χ4v) is 4.59. The third-order valence-electron chi connectivity index (χ3n) is 4.78. The van der Waals surface area contributed by atoms with Crippen LogP contribution in [0.1, 0.15) is 0 Å². The van der Waals surface area contributed by atoms with Crippen LogP contribution in [0.25, 0.3) is 20.2 Å². The van der Waals surface area contributed by atoms with Gasteiger partial charge in [0.05, 0.1) is 0 Å². The Morgan fingerprint density at radius 1 is 0.556 bits per heavy atom. The molecule has 126 valence electrons. The van der Waals surface area contributed by atoms with Crippen molar-refractivity contribution in [2.75, 3.05) is 4.90 Å². The summed E-state index contributed by atoms with van der Waals surface area (Å²) in [6.45, 7) is 0. The number of para-hydroxylation sites is 1. The number of hydrogen-bond acceptors (Lipinski definition) is 2. The summed E-state index contributed by atoms with van der Waals surface area (Å²) in [7, 11) is 5.91. The number of fused-ring (bicyclic) bond motifs is 3. The van der Waals surface area contributed by atoms with E-state index in [0.29, 0.717) is 0 Å². The highest BCUT2D eigenvalue weighted by molar-refractivity contribution is 7.25. The first-order valence-corrected chi connectivity index (χ1v) is 9.73. The van der Waals surface area contributed by atoms with Crippen molar-refractivity contribution in [3.05, 3.63) is 97.1 Å². The number of anilines is 3. The lowest BCUT2D eigenvalue weighted by Gasteiger charge is -2.25. The number of rotatable bonds is 3. The van der Waals surface area contributed by atoms with Crippen LogP contribution in [-0.2, 0) is 0 Å². The highest BCUT2D eigenvalue weighted by Gasteiger charge is 2.14. The molecule has 0 aliphatic rings. The van der Waals surface area contributed by atoms with Crippen molar-refractivity contribution >= 4 is 61.9 Å². The molecule has 5 aromatic rings. The van der Waals surface area contributed by atoms with E-state index in [0.717, 1.165) is 22.5 Å². The second-order valence-corrected chi connectivity index (χ2v) is 7.62. The van der Waals surface area contributed by atoms with Gasteiger partial charge in [-0.25, -0.2) is 0 Å². The zero-order valence-electron chi connectivity index (χ0n) is 14.7. The SMILES string of the molecule is [B]c1ccc(N(c2ccccc2)c2ccc3sc4ccccc4c3c2)cc1. The minimum absolute atomic E-state index is 0.769. The third kappa shape index (κ3) is 2.90. The minimum Gasteiger partial charge on any atom is -0.310 e. The maximum atomic E-state index is 5.91. The maximum Gasteiger partial charge on any atom is 0.113 e. The molecule has 0 fully saturated rings. The van der Waals surface area contributed by atoms with E-state index in [-0.39, 0.29) is 0 Å². The molecule has 0 saturated carbocycles. The molecule has 0 atom stereocenters. The smallest absolute Gasteiger partial charge is 0.113 e. The summed E-state index contributed by atoms with van der Waals surface area (Å²) >= 11 is 1.84. The van der Waals surface area contributed by atoms with E-state index in [1.807, 2.05) is 29.5 Å². The van der Waals surface area contributed by atoms with Crippen molar-refractivity contribution in [2.24, 2.45) is 0 Å². The standard InChI is InChI=1S/C24H16BNS/c25-17-10-12-19(13-11-17)26(18-6-2-1-3-7-18)20-14-15-24-22(16-20)21-8-4-5-9-23(21)27-24/h1-16H. The monoisotopic (exact) mass is 361 g/mol. The molecule has 0 saturated heterocycles. The van der Waals surface area contributed by atoms with Crippen LogP contribution in [0.2, 0.25) is 0 Å². The molecule has 3 heteroatoms. The molecule has 0 spiro atoms. The van der Waals surface area contributed by atoms with Gasteiger partial charge in [-0.15, -0.1) is 11.3 Å². The molecule has 1 heterocycles. The van der Waals surface area contributed by atoms with Crippen LogP contribution in [0, 0.1) is 0 Å². The quantitative estimate of drug-likeness (QED) is 0.340. The molecular formula is C24H16BNS. The molecule has 1 aromatic heterocycles. The van der Waals surface area contributed by atoms with Crippen LogP contribution >= 0.6 is 11.3 Å². The predicted octanol–water partition coefficient (Wildman–Crippen LogP) is 6.32. The van der Waals surface area contributed by atoms with Crippen molar-refractivity contribution in [2.45, 2.75) is 0 Å². The second kappa shape index (κ2) is 6.60. The van der Waals surface area contributed by atoms with Crippen molar-refractivity contribution in [1.29, 1.82) is 0 Å². The topological polar surface area (TPSA) is 3.24 Å². The van der Waals surface area contributed by atoms with Gasteiger partial charge in [-0.2, -0.15) is 0 Å². The average molecular weight is 361 g/mol. The maximum absolute atomic E-state index is 5.91. The van der Waals surface area contributed by atoms with Crippen molar-refractivity contribution in [3.8, 4) is 0 Å². The van der Waals surface area contributed by atoms with Gasteiger partial charge >= 0.3 is 0 Å². The molecule has 2 radical (unpaired) electrons. The van der Waals surface area contributed by atoms with Gasteiger partial charge in [-0.05, 0) is 48.5 Å². The zero-order chi connectivity index (χ0) is 18.2. The lowest BCUT2D eigenvalue weighted by molar-refractivity contribution is 1.29. The minimum atomic E-state index is 0.769. The Morgan fingerprint density at radius 2 is 1.19 bits per heavy atom. The van der Waals surface area contributed by atoms with E-state index >= 15 is 0 Å².